The van der Waals surface area contributed by atoms with E-state index in [-0.39, 0.29) is 6.04 Å². The van der Waals surface area contributed by atoms with Gasteiger partial charge in [-0.05, 0) is 49.7 Å². The maximum absolute atomic E-state index is 6.23. The molecule has 2 rings (SSSR count). The second kappa shape index (κ2) is 8.18. The third kappa shape index (κ3) is 5.50. The lowest BCUT2D eigenvalue weighted by atomic mass is 10.0. The highest BCUT2D eigenvalue weighted by molar-refractivity contribution is 6.30. The van der Waals surface area contributed by atoms with Gasteiger partial charge in [-0.3, -0.25) is 0 Å². The molecule has 2 N–H and O–H groups in total. The van der Waals surface area contributed by atoms with Crippen molar-refractivity contribution in [1.29, 1.82) is 0 Å². The summed E-state index contributed by atoms with van der Waals surface area (Å²) in [5.41, 5.74) is 8.76. The van der Waals surface area contributed by atoms with Crippen LogP contribution in [-0.4, -0.2) is 25.0 Å². The predicted molar refractivity (Wildman–Crippen MR) is 90.6 cm³/mol. The Labute approximate surface area is 132 Å². The van der Waals surface area contributed by atoms with Gasteiger partial charge >= 0.3 is 0 Å². The average molecular weight is 303 g/mol. The summed E-state index contributed by atoms with van der Waals surface area (Å²) in [4.78, 5) is 2.34. The highest BCUT2D eigenvalue weighted by atomic mass is 35.5. The van der Waals surface area contributed by atoms with Crippen molar-refractivity contribution < 1.29 is 0 Å². The Balaban J connectivity index is 1.73. The van der Waals surface area contributed by atoms with E-state index in [1.807, 2.05) is 24.3 Å². The molecular weight excluding hydrogens is 280 g/mol. The molecule has 0 spiro atoms. The lowest BCUT2D eigenvalue weighted by Gasteiger charge is -2.19. The van der Waals surface area contributed by atoms with Gasteiger partial charge in [0.25, 0.3) is 0 Å². The molecule has 1 atom stereocenters. The Hall–Kier alpha value is -1.35. The van der Waals surface area contributed by atoms with E-state index < -0.39 is 0 Å². The molecule has 0 aliphatic carbocycles. The van der Waals surface area contributed by atoms with Gasteiger partial charge in [0.05, 0.1) is 0 Å². The number of hydrogen-bond acceptors (Lipinski definition) is 2. The average Bonchev–Trinajstić information content (AvgIpc) is 2.52. The van der Waals surface area contributed by atoms with Gasteiger partial charge in [-0.15, -0.1) is 0 Å². The molecule has 0 heterocycles. The third-order valence-corrected chi connectivity index (χ3v) is 4.00. The topological polar surface area (TPSA) is 29.3 Å². The standard InChI is InChI=1S/C18H23ClN2/c1-21(13-11-15-5-3-2-4-6-15)14-12-18(20)16-7-9-17(19)10-8-16/h2-10,18H,11-14,20H2,1H3. The first-order chi connectivity index (χ1) is 10.1. The third-order valence-electron chi connectivity index (χ3n) is 3.75. The van der Waals surface area contributed by atoms with Crippen molar-refractivity contribution >= 4 is 11.6 Å². The molecule has 0 aliphatic heterocycles. The minimum Gasteiger partial charge on any atom is -0.324 e. The van der Waals surface area contributed by atoms with Gasteiger partial charge in [-0.25, -0.2) is 0 Å². The SMILES string of the molecule is CN(CCc1ccccc1)CCC(N)c1ccc(Cl)cc1. The Morgan fingerprint density at radius 1 is 1.00 bits per heavy atom. The number of likely N-dealkylation sites (N-methyl/N-ethyl adjacent to an activating group) is 1. The van der Waals surface area contributed by atoms with Crippen LogP contribution in [0.4, 0.5) is 0 Å². The van der Waals surface area contributed by atoms with Crippen LogP contribution in [0.3, 0.4) is 0 Å². The second-order valence-corrected chi connectivity index (χ2v) is 5.92. The molecular formula is C18H23ClN2. The van der Waals surface area contributed by atoms with E-state index in [4.69, 9.17) is 17.3 Å². The Kier molecular flexibility index (Phi) is 6.24. The minimum atomic E-state index is 0.0708. The summed E-state index contributed by atoms with van der Waals surface area (Å²) in [7, 11) is 2.15. The van der Waals surface area contributed by atoms with Crippen LogP contribution < -0.4 is 5.73 Å². The van der Waals surface area contributed by atoms with Crippen molar-refractivity contribution in [3.63, 3.8) is 0 Å². The number of rotatable bonds is 7. The summed E-state index contributed by atoms with van der Waals surface area (Å²) in [5, 5.41) is 0.755. The molecule has 21 heavy (non-hydrogen) atoms. The van der Waals surface area contributed by atoms with Crippen molar-refractivity contribution in [3.05, 3.63) is 70.7 Å². The van der Waals surface area contributed by atoms with Crippen LogP contribution in [0.2, 0.25) is 5.02 Å². The lowest BCUT2D eigenvalue weighted by molar-refractivity contribution is 0.322. The molecule has 2 aromatic rings. The molecule has 2 nitrogen and oxygen atoms in total. The highest BCUT2D eigenvalue weighted by Gasteiger charge is 2.07. The molecule has 0 radical (unpaired) electrons. The van der Waals surface area contributed by atoms with E-state index in [9.17, 15) is 0 Å². The predicted octanol–water partition coefficient (Wildman–Crippen LogP) is 3.90. The summed E-state index contributed by atoms with van der Waals surface area (Å²) >= 11 is 5.89. The Morgan fingerprint density at radius 3 is 2.33 bits per heavy atom. The summed E-state index contributed by atoms with van der Waals surface area (Å²) in [6, 6.07) is 18.5. The maximum atomic E-state index is 6.23. The fourth-order valence-corrected chi connectivity index (χ4v) is 2.44. The van der Waals surface area contributed by atoms with Gasteiger partial charge in [0.2, 0.25) is 0 Å². The van der Waals surface area contributed by atoms with Gasteiger partial charge in [0, 0.05) is 17.6 Å². The number of hydrogen-bond donors (Lipinski definition) is 1. The molecule has 2 aromatic carbocycles. The van der Waals surface area contributed by atoms with Crippen LogP contribution in [0.1, 0.15) is 23.6 Å². The Bertz CT molecular complexity index is 525. The van der Waals surface area contributed by atoms with Crippen molar-refractivity contribution in [1.82, 2.24) is 4.90 Å². The van der Waals surface area contributed by atoms with Gasteiger partial charge in [0.1, 0.15) is 0 Å². The number of benzene rings is 2. The van der Waals surface area contributed by atoms with E-state index in [1.165, 1.54) is 5.56 Å². The van der Waals surface area contributed by atoms with Crippen molar-refractivity contribution in [2.75, 3.05) is 20.1 Å². The van der Waals surface area contributed by atoms with Crippen LogP contribution in [-0.2, 0) is 6.42 Å². The fourth-order valence-electron chi connectivity index (χ4n) is 2.31. The monoisotopic (exact) mass is 302 g/mol. The summed E-state index contributed by atoms with van der Waals surface area (Å²) in [6.07, 6.45) is 2.03. The molecule has 0 fully saturated rings. The molecule has 0 aliphatic rings. The van der Waals surface area contributed by atoms with Crippen LogP contribution in [0, 0.1) is 0 Å². The number of nitrogens with two attached hydrogens (primary N) is 1. The van der Waals surface area contributed by atoms with Crippen molar-refractivity contribution in [3.8, 4) is 0 Å². The minimum absolute atomic E-state index is 0.0708. The van der Waals surface area contributed by atoms with Crippen LogP contribution in [0.15, 0.2) is 54.6 Å². The summed E-state index contributed by atoms with van der Waals surface area (Å²) in [5.74, 6) is 0. The van der Waals surface area contributed by atoms with E-state index in [1.54, 1.807) is 0 Å². The first kappa shape index (κ1) is 16.0. The van der Waals surface area contributed by atoms with E-state index >= 15 is 0 Å². The van der Waals surface area contributed by atoms with E-state index in [0.717, 1.165) is 36.5 Å². The van der Waals surface area contributed by atoms with E-state index in [2.05, 4.69) is 42.3 Å². The highest BCUT2D eigenvalue weighted by Crippen LogP contribution is 2.17. The van der Waals surface area contributed by atoms with Crippen molar-refractivity contribution in [2.45, 2.75) is 18.9 Å². The quantitative estimate of drug-likeness (QED) is 0.840. The van der Waals surface area contributed by atoms with Crippen LogP contribution >= 0.6 is 11.6 Å². The summed E-state index contributed by atoms with van der Waals surface area (Å²) < 4.78 is 0. The zero-order valence-corrected chi connectivity index (χ0v) is 13.3. The molecule has 0 aromatic heterocycles. The molecule has 0 saturated carbocycles. The van der Waals surface area contributed by atoms with Gasteiger partial charge in [-0.2, -0.15) is 0 Å². The first-order valence-corrected chi connectivity index (χ1v) is 7.76. The number of halogens is 1. The first-order valence-electron chi connectivity index (χ1n) is 7.38. The van der Waals surface area contributed by atoms with Gasteiger partial charge < -0.3 is 10.6 Å². The molecule has 0 saturated heterocycles. The molecule has 3 heteroatoms. The van der Waals surface area contributed by atoms with Crippen LogP contribution in [0.25, 0.3) is 0 Å². The molecule has 112 valence electrons. The lowest BCUT2D eigenvalue weighted by Crippen LogP contribution is -2.25. The normalized spacial score (nSPS) is 12.6. The Morgan fingerprint density at radius 2 is 1.67 bits per heavy atom. The number of nitrogens with zero attached hydrogens (tertiary/aromatic N) is 1. The maximum Gasteiger partial charge on any atom is 0.0406 e. The molecule has 0 bridgehead atoms. The fraction of sp³-hybridized carbons (Fsp3) is 0.333. The van der Waals surface area contributed by atoms with Crippen LogP contribution in [0.5, 0.6) is 0 Å². The van der Waals surface area contributed by atoms with Gasteiger partial charge in [-0.1, -0.05) is 54.1 Å². The molecule has 1 unspecified atom stereocenters. The second-order valence-electron chi connectivity index (χ2n) is 5.49. The van der Waals surface area contributed by atoms with E-state index in [0.29, 0.717) is 0 Å². The summed E-state index contributed by atoms with van der Waals surface area (Å²) in [6.45, 7) is 2.05. The van der Waals surface area contributed by atoms with Crippen molar-refractivity contribution in [2.24, 2.45) is 5.73 Å². The van der Waals surface area contributed by atoms with Gasteiger partial charge in [0.15, 0.2) is 0 Å². The smallest absolute Gasteiger partial charge is 0.0406 e. The zero-order chi connectivity index (χ0) is 15.1. The molecule has 0 amide bonds. The zero-order valence-electron chi connectivity index (χ0n) is 12.5. The largest absolute Gasteiger partial charge is 0.324 e.